The summed E-state index contributed by atoms with van der Waals surface area (Å²) in [5.41, 5.74) is 3.55. The van der Waals surface area contributed by atoms with Crippen molar-refractivity contribution in [3.63, 3.8) is 0 Å². The van der Waals surface area contributed by atoms with Crippen LogP contribution in [-0.2, 0) is 0 Å². The van der Waals surface area contributed by atoms with Crippen LogP contribution in [0.4, 0.5) is 0 Å². The van der Waals surface area contributed by atoms with E-state index in [-0.39, 0.29) is 13.2 Å². The molecule has 1 heterocycles. The summed E-state index contributed by atoms with van der Waals surface area (Å²) in [7, 11) is 0. The number of rotatable bonds is 6. The molecule has 0 aliphatic carbocycles. The Morgan fingerprint density at radius 2 is 1.41 bits per heavy atom. The first kappa shape index (κ1) is 18.0. The van der Waals surface area contributed by atoms with E-state index in [1.54, 1.807) is 0 Å². The minimum atomic E-state index is 0.228. The van der Waals surface area contributed by atoms with Gasteiger partial charge in [-0.05, 0) is 49.4 Å². The van der Waals surface area contributed by atoms with Crippen molar-refractivity contribution in [2.75, 3.05) is 13.2 Å². The maximum absolute atomic E-state index is 5.50. The van der Waals surface area contributed by atoms with Crippen molar-refractivity contribution in [1.29, 1.82) is 0 Å². The van der Waals surface area contributed by atoms with Gasteiger partial charge >= 0.3 is 0 Å². The maximum atomic E-state index is 5.50. The zero-order valence-electron chi connectivity index (χ0n) is 15.0. The zero-order chi connectivity index (χ0) is 19.1. The average Bonchev–Trinajstić information content (AvgIpc) is 2.71. The molecule has 0 radical (unpaired) electrons. The number of benzene rings is 2. The summed E-state index contributed by atoms with van der Waals surface area (Å²) >= 11 is 0. The Morgan fingerprint density at radius 3 is 2.07 bits per heavy atom. The molecule has 0 spiro atoms. The van der Waals surface area contributed by atoms with E-state index in [0.29, 0.717) is 11.6 Å². The van der Waals surface area contributed by atoms with E-state index in [2.05, 4.69) is 21.8 Å². The first-order chi connectivity index (χ1) is 13.2. The Labute approximate surface area is 159 Å². The normalized spacial score (nSPS) is 9.89. The van der Waals surface area contributed by atoms with E-state index in [0.717, 1.165) is 28.3 Å². The third-order valence-electron chi connectivity index (χ3n) is 3.76. The molecule has 0 unspecified atom stereocenters. The molecule has 0 saturated carbocycles. The van der Waals surface area contributed by atoms with E-state index in [4.69, 9.17) is 22.3 Å². The van der Waals surface area contributed by atoms with Gasteiger partial charge in [-0.1, -0.05) is 24.0 Å². The van der Waals surface area contributed by atoms with Crippen molar-refractivity contribution in [1.82, 2.24) is 9.97 Å². The van der Waals surface area contributed by atoms with Crippen molar-refractivity contribution in [2.24, 2.45) is 0 Å². The molecule has 0 aliphatic rings. The number of hydrogen-bond donors (Lipinski definition) is 0. The monoisotopic (exact) mass is 354 g/mol. The summed E-state index contributed by atoms with van der Waals surface area (Å²) in [6.45, 7) is 2.34. The topological polar surface area (TPSA) is 44.2 Å². The van der Waals surface area contributed by atoms with E-state index in [9.17, 15) is 0 Å². The lowest BCUT2D eigenvalue weighted by molar-refractivity contribution is 0.370. The highest BCUT2D eigenvalue weighted by Crippen LogP contribution is 2.27. The molecule has 4 heteroatoms. The van der Waals surface area contributed by atoms with Crippen molar-refractivity contribution >= 4 is 0 Å². The van der Waals surface area contributed by atoms with Gasteiger partial charge in [0.15, 0.2) is 0 Å². The third-order valence-corrected chi connectivity index (χ3v) is 3.76. The molecule has 0 atom stereocenters. The standard InChI is InChI=1S/C23H18N2O2/c1-4-13-26-20-11-9-18(10-12-20)22-16-23(25-17(3)24-22)19-7-6-8-21(15-19)27-14-5-2/h1-2,6-12,15-16H,13-14H2,3H3. The van der Waals surface area contributed by atoms with Gasteiger partial charge < -0.3 is 9.47 Å². The molecule has 132 valence electrons. The fraction of sp³-hybridized carbons (Fsp3) is 0.130. The predicted octanol–water partition coefficient (Wildman–Crippen LogP) is 4.14. The number of ether oxygens (including phenoxy) is 2. The van der Waals surface area contributed by atoms with E-state index in [1.165, 1.54) is 0 Å². The second-order valence-electron chi connectivity index (χ2n) is 5.72. The molecular formula is C23H18N2O2. The summed E-state index contributed by atoms with van der Waals surface area (Å²) in [6, 6.07) is 17.3. The molecule has 0 saturated heterocycles. The Kier molecular flexibility index (Phi) is 5.72. The smallest absolute Gasteiger partial charge is 0.148 e. The molecule has 4 nitrogen and oxygen atoms in total. The Morgan fingerprint density at radius 1 is 0.778 bits per heavy atom. The molecule has 0 fully saturated rings. The van der Waals surface area contributed by atoms with Crippen LogP contribution >= 0.6 is 0 Å². The van der Waals surface area contributed by atoms with Crippen molar-refractivity contribution in [3.8, 4) is 58.7 Å². The quantitative estimate of drug-likeness (QED) is 0.624. The first-order valence-corrected chi connectivity index (χ1v) is 8.38. The average molecular weight is 354 g/mol. The van der Waals surface area contributed by atoms with Crippen molar-refractivity contribution < 1.29 is 9.47 Å². The van der Waals surface area contributed by atoms with Gasteiger partial charge in [0.25, 0.3) is 0 Å². The minimum Gasteiger partial charge on any atom is -0.481 e. The second kappa shape index (κ2) is 8.56. The number of hydrogen-bond acceptors (Lipinski definition) is 4. The van der Waals surface area contributed by atoms with Crippen LogP contribution in [-0.4, -0.2) is 23.2 Å². The van der Waals surface area contributed by atoms with Gasteiger partial charge in [0, 0.05) is 11.1 Å². The van der Waals surface area contributed by atoms with Crippen LogP contribution in [0.5, 0.6) is 11.5 Å². The van der Waals surface area contributed by atoms with Crippen LogP contribution in [0, 0.1) is 31.6 Å². The molecule has 0 N–H and O–H groups in total. The molecule has 27 heavy (non-hydrogen) atoms. The van der Waals surface area contributed by atoms with Gasteiger partial charge in [-0.2, -0.15) is 0 Å². The van der Waals surface area contributed by atoms with Crippen LogP contribution in [0.2, 0.25) is 0 Å². The number of aromatic nitrogens is 2. The minimum absolute atomic E-state index is 0.228. The lowest BCUT2D eigenvalue weighted by Crippen LogP contribution is -1.97. The lowest BCUT2D eigenvalue weighted by Gasteiger charge is -2.09. The summed E-state index contributed by atoms with van der Waals surface area (Å²) < 4.78 is 10.9. The Hall–Kier alpha value is -3.76. The van der Waals surface area contributed by atoms with Gasteiger partial charge in [0.2, 0.25) is 0 Å². The predicted molar refractivity (Wildman–Crippen MR) is 106 cm³/mol. The van der Waals surface area contributed by atoms with Gasteiger partial charge in [0.1, 0.15) is 30.5 Å². The third kappa shape index (κ3) is 4.66. The highest BCUT2D eigenvalue weighted by Gasteiger charge is 2.08. The fourth-order valence-electron chi connectivity index (χ4n) is 2.58. The molecule has 3 aromatic rings. The molecule has 1 aromatic heterocycles. The maximum Gasteiger partial charge on any atom is 0.148 e. The largest absolute Gasteiger partial charge is 0.481 e. The number of nitrogens with zero attached hydrogens (tertiary/aromatic N) is 2. The zero-order valence-corrected chi connectivity index (χ0v) is 15.0. The van der Waals surface area contributed by atoms with Crippen LogP contribution in [0.3, 0.4) is 0 Å². The van der Waals surface area contributed by atoms with Gasteiger partial charge in [-0.15, -0.1) is 12.8 Å². The van der Waals surface area contributed by atoms with Crippen molar-refractivity contribution in [2.45, 2.75) is 6.92 Å². The molecule has 0 aliphatic heterocycles. The van der Waals surface area contributed by atoms with E-state index < -0.39 is 0 Å². The summed E-state index contributed by atoms with van der Waals surface area (Å²) in [5, 5.41) is 0. The van der Waals surface area contributed by atoms with Crippen LogP contribution < -0.4 is 9.47 Å². The van der Waals surface area contributed by atoms with Crippen LogP contribution in [0.15, 0.2) is 54.6 Å². The van der Waals surface area contributed by atoms with Gasteiger partial charge in [-0.25, -0.2) is 9.97 Å². The van der Waals surface area contributed by atoms with Crippen LogP contribution in [0.1, 0.15) is 5.82 Å². The Bertz CT molecular complexity index is 1010. The summed E-state index contributed by atoms with van der Waals surface area (Å²) in [6.07, 6.45) is 10.5. The lowest BCUT2D eigenvalue weighted by atomic mass is 10.1. The molecular weight excluding hydrogens is 336 g/mol. The number of aryl methyl sites for hydroxylation is 1. The SMILES string of the molecule is C#CCOc1ccc(-c2cc(-c3cccc(OCC#C)c3)nc(C)n2)cc1. The Balaban J connectivity index is 1.91. The molecule has 0 amide bonds. The highest BCUT2D eigenvalue weighted by molar-refractivity contribution is 5.69. The fourth-order valence-corrected chi connectivity index (χ4v) is 2.58. The van der Waals surface area contributed by atoms with Gasteiger partial charge in [-0.3, -0.25) is 0 Å². The second-order valence-corrected chi connectivity index (χ2v) is 5.72. The first-order valence-electron chi connectivity index (χ1n) is 8.38. The van der Waals surface area contributed by atoms with E-state index >= 15 is 0 Å². The van der Waals surface area contributed by atoms with Crippen molar-refractivity contribution in [3.05, 3.63) is 60.4 Å². The van der Waals surface area contributed by atoms with Gasteiger partial charge in [0.05, 0.1) is 11.4 Å². The summed E-state index contributed by atoms with van der Waals surface area (Å²) in [4.78, 5) is 9.11. The summed E-state index contributed by atoms with van der Waals surface area (Å²) in [5.74, 6) is 7.03. The molecule has 0 bridgehead atoms. The molecule has 3 rings (SSSR count). The number of terminal acetylenes is 2. The highest BCUT2D eigenvalue weighted by atomic mass is 16.5. The van der Waals surface area contributed by atoms with E-state index in [1.807, 2.05) is 61.5 Å². The molecule has 2 aromatic carbocycles. The van der Waals surface area contributed by atoms with Crippen LogP contribution in [0.25, 0.3) is 22.5 Å².